The Morgan fingerprint density at radius 2 is 2.19 bits per heavy atom. The van der Waals surface area contributed by atoms with Gasteiger partial charge in [-0.1, -0.05) is 26.0 Å². The summed E-state index contributed by atoms with van der Waals surface area (Å²) in [6.45, 7) is 5.85. The lowest BCUT2D eigenvalue weighted by atomic mass is 9.95. The maximum Gasteiger partial charge on any atom is 0.150 e. The molecule has 16 heavy (non-hydrogen) atoms. The maximum atomic E-state index is 10.6. The van der Waals surface area contributed by atoms with Crippen molar-refractivity contribution in [1.82, 2.24) is 0 Å². The normalized spacial score (nSPS) is 14.8. The number of hydrogen-bond acceptors (Lipinski definition) is 3. The lowest BCUT2D eigenvalue weighted by Gasteiger charge is -2.27. The van der Waals surface area contributed by atoms with Crippen LogP contribution in [0.5, 0.6) is 0 Å². The van der Waals surface area contributed by atoms with Gasteiger partial charge in [-0.25, -0.2) is 0 Å². The first-order valence-corrected chi connectivity index (χ1v) is 6.34. The molecule has 1 atom stereocenters. The van der Waals surface area contributed by atoms with E-state index in [2.05, 4.69) is 0 Å². The van der Waals surface area contributed by atoms with E-state index in [1.54, 1.807) is 17.8 Å². The van der Waals surface area contributed by atoms with Crippen LogP contribution in [-0.4, -0.2) is 22.7 Å². The Bertz CT molecular complexity index is 359. The van der Waals surface area contributed by atoms with Crippen LogP contribution in [0.25, 0.3) is 0 Å². The predicted octanol–water partition coefficient (Wildman–Crippen LogP) is 3.00. The lowest BCUT2D eigenvalue weighted by Crippen LogP contribution is -2.33. The highest BCUT2D eigenvalue weighted by Crippen LogP contribution is 2.27. The van der Waals surface area contributed by atoms with Gasteiger partial charge >= 0.3 is 0 Å². The van der Waals surface area contributed by atoms with E-state index in [-0.39, 0.29) is 5.92 Å². The molecule has 0 saturated heterocycles. The summed E-state index contributed by atoms with van der Waals surface area (Å²) in [6, 6.07) is 7.43. The zero-order valence-corrected chi connectivity index (χ0v) is 10.8. The van der Waals surface area contributed by atoms with Crippen molar-refractivity contribution in [2.75, 3.05) is 5.75 Å². The van der Waals surface area contributed by atoms with Crippen molar-refractivity contribution in [3.63, 3.8) is 0 Å². The van der Waals surface area contributed by atoms with Crippen LogP contribution in [0.1, 0.15) is 31.1 Å². The van der Waals surface area contributed by atoms with Gasteiger partial charge in [-0.15, -0.1) is 11.8 Å². The minimum absolute atomic E-state index is 0.217. The minimum Gasteiger partial charge on any atom is -0.389 e. The van der Waals surface area contributed by atoms with Gasteiger partial charge in [-0.3, -0.25) is 4.79 Å². The van der Waals surface area contributed by atoms with E-state index in [1.807, 2.05) is 39.0 Å². The minimum atomic E-state index is -0.679. The molecule has 2 nitrogen and oxygen atoms in total. The molecule has 0 aliphatic rings. The molecule has 3 heteroatoms. The Kier molecular flexibility index (Phi) is 4.56. The first kappa shape index (κ1) is 13.3. The van der Waals surface area contributed by atoms with Gasteiger partial charge in [0.25, 0.3) is 0 Å². The fourth-order valence-electron chi connectivity index (χ4n) is 1.07. The molecule has 0 spiro atoms. The highest BCUT2D eigenvalue weighted by Gasteiger charge is 2.24. The molecule has 0 heterocycles. The topological polar surface area (TPSA) is 37.3 Å². The highest BCUT2D eigenvalue weighted by atomic mass is 32.2. The Morgan fingerprint density at radius 1 is 1.50 bits per heavy atom. The van der Waals surface area contributed by atoms with E-state index in [9.17, 15) is 9.90 Å². The SMILES string of the molecule is CC(C)C(C)(O)CSc1cccc(C=O)c1. The van der Waals surface area contributed by atoms with E-state index in [0.29, 0.717) is 11.3 Å². The van der Waals surface area contributed by atoms with Gasteiger partial charge in [0.15, 0.2) is 0 Å². The zero-order chi connectivity index (χ0) is 12.2. The summed E-state index contributed by atoms with van der Waals surface area (Å²) in [5.41, 5.74) is -0.00354. The number of benzene rings is 1. The number of hydrogen-bond donors (Lipinski definition) is 1. The van der Waals surface area contributed by atoms with E-state index in [1.165, 1.54) is 0 Å². The summed E-state index contributed by atoms with van der Waals surface area (Å²) in [6.07, 6.45) is 0.838. The highest BCUT2D eigenvalue weighted by molar-refractivity contribution is 7.99. The molecular weight excluding hydrogens is 220 g/mol. The Hall–Kier alpha value is -0.800. The number of thioether (sulfide) groups is 1. The standard InChI is InChI=1S/C13H18O2S/c1-10(2)13(3,15)9-16-12-6-4-5-11(7-12)8-14/h4-8,10,15H,9H2,1-3H3. The fourth-order valence-corrected chi connectivity index (χ4v) is 2.26. The summed E-state index contributed by atoms with van der Waals surface area (Å²) < 4.78 is 0. The van der Waals surface area contributed by atoms with E-state index < -0.39 is 5.60 Å². The van der Waals surface area contributed by atoms with Gasteiger partial charge in [-0.05, 0) is 25.0 Å². The number of rotatable bonds is 5. The van der Waals surface area contributed by atoms with Crippen molar-refractivity contribution < 1.29 is 9.90 Å². The smallest absolute Gasteiger partial charge is 0.150 e. The summed E-state index contributed by atoms with van der Waals surface area (Å²) in [5, 5.41) is 10.1. The molecule has 0 saturated carbocycles. The number of carbonyl (C=O) groups excluding carboxylic acids is 1. The second-order valence-electron chi connectivity index (χ2n) is 4.49. The monoisotopic (exact) mass is 238 g/mol. The molecule has 1 rings (SSSR count). The van der Waals surface area contributed by atoms with Crippen molar-refractivity contribution >= 4 is 18.0 Å². The molecule has 0 aliphatic carbocycles. The van der Waals surface area contributed by atoms with Crippen molar-refractivity contribution in [2.24, 2.45) is 5.92 Å². The Morgan fingerprint density at radius 3 is 2.75 bits per heavy atom. The molecule has 88 valence electrons. The number of aldehydes is 1. The van der Waals surface area contributed by atoms with E-state index >= 15 is 0 Å². The Labute approximate surface area is 101 Å². The third-order valence-electron chi connectivity index (χ3n) is 2.77. The Balaban J connectivity index is 2.64. The molecule has 1 N–H and O–H groups in total. The molecule has 0 aromatic heterocycles. The van der Waals surface area contributed by atoms with Crippen LogP contribution in [-0.2, 0) is 0 Å². The van der Waals surface area contributed by atoms with Crippen molar-refractivity contribution in [3.8, 4) is 0 Å². The largest absolute Gasteiger partial charge is 0.389 e. The van der Waals surface area contributed by atoms with Crippen molar-refractivity contribution in [2.45, 2.75) is 31.3 Å². The van der Waals surface area contributed by atoms with Crippen LogP contribution < -0.4 is 0 Å². The number of aliphatic hydroxyl groups is 1. The van der Waals surface area contributed by atoms with Gasteiger partial charge in [0.2, 0.25) is 0 Å². The van der Waals surface area contributed by atoms with E-state index in [4.69, 9.17) is 0 Å². The average Bonchev–Trinajstić information content (AvgIpc) is 2.26. The first-order chi connectivity index (χ1) is 7.45. The molecule has 1 unspecified atom stereocenters. The summed E-state index contributed by atoms with van der Waals surface area (Å²) >= 11 is 1.58. The van der Waals surface area contributed by atoms with Crippen LogP contribution >= 0.6 is 11.8 Å². The van der Waals surface area contributed by atoms with Crippen molar-refractivity contribution in [1.29, 1.82) is 0 Å². The zero-order valence-electron chi connectivity index (χ0n) is 9.93. The van der Waals surface area contributed by atoms with Gasteiger partial charge in [0.05, 0.1) is 5.60 Å². The van der Waals surface area contributed by atoms with Gasteiger partial charge in [-0.2, -0.15) is 0 Å². The molecular formula is C13H18O2S. The quantitative estimate of drug-likeness (QED) is 0.633. The van der Waals surface area contributed by atoms with Gasteiger partial charge in [0.1, 0.15) is 6.29 Å². The van der Waals surface area contributed by atoms with Crippen molar-refractivity contribution in [3.05, 3.63) is 29.8 Å². The summed E-state index contributed by atoms with van der Waals surface area (Å²) in [7, 11) is 0. The second-order valence-corrected chi connectivity index (χ2v) is 5.54. The van der Waals surface area contributed by atoms with Crippen LogP contribution in [0.15, 0.2) is 29.2 Å². The van der Waals surface area contributed by atoms with Gasteiger partial charge < -0.3 is 5.11 Å². The van der Waals surface area contributed by atoms with Crippen LogP contribution in [0.3, 0.4) is 0 Å². The molecule has 0 fully saturated rings. The molecule has 0 aliphatic heterocycles. The van der Waals surface area contributed by atoms with E-state index in [0.717, 1.165) is 11.2 Å². The lowest BCUT2D eigenvalue weighted by molar-refractivity contribution is 0.0376. The summed E-state index contributed by atoms with van der Waals surface area (Å²) in [5.74, 6) is 0.849. The maximum absolute atomic E-state index is 10.6. The molecule has 1 aromatic rings. The first-order valence-electron chi connectivity index (χ1n) is 5.36. The van der Waals surface area contributed by atoms with Crippen LogP contribution in [0, 0.1) is 5.92 Å². The van der Waals surface area contributed by atoms with Crippen LogP contribution in [0.2, 0.25) is 0 Å². The van der Waals surface area contributed by atoms with Gasteiger partial charge in [0, 0.05) is 16.2 Å². The third kappa shape index (κ3) is 3.65. The fraction of sp³-hybridized carbons (Fsp3) is 0.462. The molecule has 0 bridgehead atoms. The molecule has 0 radical (unpaired) electrons. The average molecular weight is 238 g/mol. The third-order valence-corrected chi connectivity index (χ3v) is 4.09. The molecule has 0 amide bonds. The summed E-state index contributed by atoms with van der Waals surface area (Å²) in [4.78, 5) is 11.6. The van der Waals surface area contributed by atoms with Crippen LogP contribution in [0.4, 0.5) is 0 Å². The second kappa shape index (κ2) is 5.51. The number of carbonyl (C=O) groups is 1. The predicted molar refractivity (Wildman–Crippen MR) is 68.0 cm³/mol. The molecule has 1 aromatic carbocycles.